The molecule has 1 aromatic carbocycles. The van der Waals surface area contributed by atoms with E-state index in [1.807, 2.05) is 30.3 Å². The van der Waals surface area contributed by atoms with Crippen LogP contribution in [0.5, 0.6) is 0 Å². The van der Waals surface area contributed by atoms with Gasteiger partial charge in [0.1, 0.15) is 0 Å². The molecule has 3 rings (SSSR count). The van der Waals surface area contributed by atoms with Gasteiger partial charge in [-0.1, -0.05) is 30.3 Å². The highest BCUT2D eigenvalue weighted by Crippen LogP contribution is 2.17. The number of aromatic amines is 1. The lowest BCUT2D eigenvalue weighted by Gasteiger charge is -2.09. The number of H-pyrrole nitrogens is 1. The van der Waals surface area contributed by atoms with Gasteiger partial charge < -0.3 is 11.1 Å². The van der Waals surface area contributed by atoms with E-state index in [0.717, 1.165) is 5.56 Å². The van der Waals surface area contributed by atoms with Gasteiger partial charge in [-0.2, -0.15) is 4.98 Å². The summed E-state index contributed by atoms with van der Waals surface area (Å²) in [5.74, 6) is 0.555. The average Bonchev–Trinajstić information content (AvgIpc) is 2.91. The third-order valence-corrected chi connectivity index (χ3v) is 3.65. The molecule has 8 heteroatoms. The number of aryl methyl sites for hydroxylation is 1. The number of rotatable bonds is 5. The summed E-state index contributed by atoms with van der Waals surface area (Å²) in [6.45, 7) is 1.80. The molecule has 0 spiro atoms. The quantitative estimate of drug-likeness (QED) is 0.568. The van der Waals surface area contributed by atoms with Crippen molar-refractivity contribution in [2.45, 2.75) is 6.54 Å². The van der Waals surface area contributed by atoms with E-state index in [4.69, 9.17) is 0 Å². The number of nitrogens with one attached hydrogen (secondary N) is 2. The fourth-order valence-corrected chi connectivity index (χ4v) is 2.49. The lowest BCUT2D eigenvalue weighted by Crippen LogP contribution is -2.53. The molecule has 120 valence electrons. The topological polar surface area (TPSA) is 112 Å². The smallest absolute Gasteiger partial charge is 0.329 e. The van der Waals surface area contributed by atoms with E-state index in [1.54, 1.807) is 11.6 Å². The fraction of sp³-hybridized carbons (Fsp3) is 0.267. The number of benzene rings is 1. The number of hydrogen-bond donors (Lipinski definition) is 3. The van der Waals surface area contributed by atoms with Crippen molar-refractivity contribution in [3.63, 3.8) is 0 Å². The van der Waals surface area contributed by atoms with E-state index in [0.29, 0.717) is 36.7 Å². The highest BCUT2D eigenvalue weighted by Gasteiger charge is 2.17. The Hall–Kier alpha value is -2.87. The van der Waals surface area contributed by atoms with Crippen molar-refractivity contribution in [2.75, 3.05) is 18.4 Å². The van der Waals surface area contributed by atoms with Crippen LogP contribution in [0.4, 0.5) is 5.95 Å². The fourth-order valence-electron chi connectivity index (χ4n) is 2.49. The predicted molar refractivity (Wildman–Crippen MR) is 87.4 cm³/mol. The lowest BCUT2D eigenvalue weighted by molar-refractivity contribution is -0.362. The van der Waals surface area contributed by atoms with Gasteiger partial charge in [-0.15, -0.1) is 0 Å². The first-order valence-electron chi connectivity index (χ1n) is 7.38. The Bertz CT molecular complexity index is 938. The second kappa shape index (κ2) is 6.09. The molecular formula is C15H19N6O2+. The monoisotopic (exact) mass is 315 g/mol. The van der Waals surface area contributed by atoms with E-state index in [-0.39, 0.29) is 0 Å². The summed E-state index contributed by atoms with van der Waals surface area (Å²) in [6.07, 6.45) is 0. The predicted octanol–water partition coefficient (Wildman–Crippen LogP) is -0.875. The maximum Gasteiger partial charge on any atom is 0.329 e. The van der Waals surface area contributed by atoms with Gasteiger partial charge >= 0.3 is 5.69 Å². The third-order valence-electron chi connectivity index (χ3n) is 3.65. The minimum atomic E-state index is -0.476. The van der Waals surface area contributed by atoms with Crippen LogP contribution in [0.25, 0.3) is 11.2 Å². The molecule has 8 nitrogen and oxygen atoms in total. The second-order valence-electron chi connectivity index (χ2n) is 5.28. The molecule has 2 aromatic heterocycles. The van der Waals surface area contributed by atoms with Gasteiger partial charge in [0.15, 0.2) is 11.2 Å². The van der Waals surface area contributed by atoms with Crippen molar-refractivity contribution in [1.82, 2.24) is 19.1 Å². The molecule has 0 fully saturated rings. The van der Waals surface area contributed by atoms with Crippen LogP contribution in [-0.4, -0.2) is 32.2 Å². The Balaban J connectivity index is 2.21. The van der Waals surface area contributed by atoms with E-state index in [2.05, 4.69) is 21.0 Å². The summed E-state index contributed by atoms with van der Waals surface area (Å²) in [6, 6.07) is 9.78. The Kier molecular flexibility index (Phi) is 3.98. The highest BCUT2D eigenvalue weighted by molar-refractivity contribution is 5.74. The summed E-state index contributed by atoms with van der Waals surface area (Å²) in [5.41, 5.74) is 4.66. The van der Waals surface area contributed by atoms with Gasteiger partial charge in [0.05, 0.1) is 19.6 Å². The first-order chi connectivity index (χ1) is 11.1. The van der Waals surface area contributed by atoms with Crippen LogP contribution in [0.3, 0.4) is 0 Å². The molecular weight excluding hydrogens is 296 g/mol. The molecule has 0 aliphatic rings. The van der Waals surface area contributed by atoms with E-state index >= 15 is 0 Å². The van der Waals surface area contributed by atoms with Crippen molar-refractivity contribution in [1.29, 1.82) is 0 Å². The molecule has 0 aliphatic heterocycles. The minimum absolute atomic E-state index is 0.362. The molecule has 5 N–H and O–H groups in total. The van der Waals surface area contributed by atoms with Gasteiger partial charge in [0.2, 0.25) is 5.95 Å². The first-order valence-corrected chi connectivity index (χ1v) is 7.38. The molecule has 0 saturated carbocycles. The summed E-state index contributed by atoms with van der Waals surface area (Å²) in [5, 5.41) is 3.17. The van der Waals surface area contributed by atoms with Crippen molar-refractivity contribution >= 4 is 17.1 Å². The number of aromatic nitrogens is 4. The Labute approximate surface area is 131 Å². The molecule has 0 atom stereocenters. The van der Waals surface area contributed by atoms with E-state index < -0.39 is 11.2 Å². The van der Waals surface area contributed by atoms with Crippen LogP contribution in [0.2, 0.25) is 0 Å². The normalized spacial score (nSPS) is 11.0. The second-order valence-corrected chi connectivity index (χ2v) is 5.28. The number of imidazole rings is 1. The maximum absolute atomic E-state index is 12.3. The molecule has 23 heavy (non-hydrogen) atoms. The average molecular weight is 315 g/mol. The molecule has 0 aliphatic carbocycles. The van der Waals surface area contributed by atoms with Crippen molar-refractivity contribution in [3.05, 3.63) is 56.7 Å². The largest absolute Gasteiger partial charge is 0.356 e. The van der Waals surface area contributed by atoms with E-state index in [9.17, 15) is 9.59 Å². The molecule has 0 unspecified atom stereocenters. The zero-order chi connectivity index (χ0) is 16.4. The zero-order valence-electron chi connectivity index (χ0n) is 12.9. The van der Waals surface area contributed by atoms with Crippen LogP contribution >= 0.6 is 0 Å². The van der Waals surface area contributed by atoms with Crippen LogP contribution in [0.1, 0.15) is 5.56 Å². The van der Waals surface area contributed by atoms with E-state index in [1.165, 1.54) is 4.57 Å². The lowest BCUT2D eigenvalue weighted by atomic mass is 10.2. The molecule has 0 radical (unpaired) electrons. The number of hydrogen-bond acceptors (Lipinski definition) is 4. The summed E-state index contributed by atoms with van der Waals surface area (Å²) >= 11 is 0. The van der Waals surface area contributed by atoms with Gasteiger partial charge in [0.25, 0.3) is 5.56 Å². The first kappa shape index (κ1) is 15.0. The van der Waals surface area contributed by atoms with Gasteiger partial charge in [0, 0.05) is 7.05 Å². The summed E-state index contributed by atoms with van der Waals surface area (Å²) in [7, 11) is 1.59. The summed E-state index contributed by atoms with van der Waals surface area (Å²) in [4.78, 5) is 30.8. The Morgan fingerprint density at radius 2 is 2.00 bits per heavy atom. The molecule has 3 aromatic rings. The number of nitrogens with zero attached hydrogens (tertiary/aromatic N) is 3. The van der Waals surface area contributed by atoms with Gasteiger partial charge in [-0.25, -0.2) is 4.79 Å². The zero-order valence-corrected chi connectivity index (χ0v) is 12.9. The Morgan fingerprint density at radius 1 is 1.26 bits per heavy atom. The molecule has 0 saturated heterocycles. The highest BCUT2D eigenvalue weighted by atomic mass is 16.2. The minimum Gasteiger partial charge on any atom is -0.356 e. The van der Waals surface area contributed by atoms with Crippen molar-refractivity contribution in [2.24, 2.45) is 7.05 Å². The standard InChI is InChI=1S/C15H18N6O2/c1-20-12-11(13(22)19-15(20)23)21(14(18-12)17-8-7-16)9-10-5-3-2-4-6-10/h2-6H,7-9,16H2,1H3,(H,17,18)(H,19,22,23)/p+1. The summed E-state index contributed by atoms with van der Waals surface area (Å²) < 4.78 is 3.13. The Morgan fingerprint density at radius 3 is 2.70 bits per heavy atom. The number of fused-ring (bicyclic) bond motifs is 1. The van der Waals surface area contributed by atoms with Crippen LogP contribution in [-0.2, 0) is 13.6 Å². The van der Waals surface area contributed by atoms with Crippen LogP contribution < -0.4 is 22.3 Å². The maximum atomic E-state index is 12.3. The van der Waals surface area contributed by atoms with Crippen LogP contribution in [0, 0.1) is 0 Å². The van der Waals surface area contributed by atoms with Gasteiger partial charge in [-0.05, 0) is 5.56 Å². The van der Waals surface area contributed by atoms with Crippen molar-refractivity contribution in [3.8, 4) is 0 Å². The van der Waals surface area contributed by atoms with Crippen LogP contribution in [0.15, 0.2) is 39.9 Å². The molecule has 2 heterocycles. The van der Waals surface area contributed by atoms with Gasteiger partial charge in [-0.3, -0.25) is 18.9 Å². The number of quaternary nitrogens is 1. The van der Waals surface area contributed by atoms with Crippen molar-refractivity contribution < 1.29 is 5.73 Å². The number of anilines is 1. The SMILES string of the molecule is Cn1c(=O)[nH]c(=O)c2c1nc(NCC[NH3+])n2Cc1ccccc1. The third kappa shape index (κ3) is 2.76. The molecule has 0 amide bonds. The molecule has 0 bridgehead atoms.